The zero-order valence-electron chi connectivity index (χ0n) is 9.15. The second-order valence-electron chi connectivity index (χ2n) is 3.97. The smallest absolute Gasteiger partial charge is 0.274 e. The highest BCUT2D eigenvalue weighted by Crippen LogP contribution is 2.39. The summed E-state index contributed by atoms with van der Waals surface area (Å²) in [5.74, 6) is -2.18. The van der Waals surface area contributed by atoms with Crippen LogP contribution in [0.3, 0.4) is 0 Å². The van der Waals surface area contributed by atoms with Crippen LogP contribution < -0.4 is 0 Å². The van der Waals surface area contributed by atoms with Crippen molar-refractivity contribution < 1.29 is 22.0 Å². The molecular formula is C10H8ClF2NO3S. The zero-order valence-corrected chi connectivity index (χ0v) is 10.7. The fourth-order valence-corrected chi connectivity index (χ4v) is 3.16. The molecule has 1 amide bonds. The number of hydrogen-bond acceptors (Lipinski definition) is 3. The molecule has 0 radical (unpaired) electrons. The van der Waals surface area contributed by atoms with E-state index in [4.69, 9.17) is 10.7 Å². The van der Waals surface area contributed by atoms with E-state index >= 15 is 0 Å². The Labute approximate surface area is 107 Å². The number of carbonyl (C=O) groups excluding carboxylic acids is 1. The van der Waals surface area contributed by atoms with Crippen molar-refractivity contribution in [1.82, 2.24) is 4.31 Å². The molecule has 0 bridgehead atoms. The van der Waals surface area contributed by atoms with Crippen LogP contribution in [0.15, 0.2) is 12.1 Å². The molecule has 1 saturated heterocycles. The van der Waals surface area contributed by atoms with Gasteiger partial charge in [0, 0.05) is 16.2 Å². The molecule has 1 aliphatic heterocycles. The lowest BCUT2D eigenvalue weighted by Gasteiger charge is -2.37. The predicted molar refractivity (Wildman–Crippen MR) is 60.1 cm³/mol. The van der Waals surface area contributed by atoms with Crippen LogP contribution in [0, 0.1) is 18.6 Å². The third-order valence-corrected chi connectivity index (χ3v) is 4.14. The summed E-state index contributed by atoms with van der Waals surface area (Å²) in [5.41, 5.74) is -0.0934. The summed E-state index contributed by atoms with van der Waals surface area (Å²) in [6.45, 7) is 1.38. The average molecular weight is 296 g/mol. The van der Waals surface area contributed by atoms with E-state index < -0.39 is 32.8 Å². The first-order valence-corrected chi connectivity index (χ1v) is 7.21. The van der Waals surface area contributed by atoms with Crippen molar-refractivity contribution in [3.63, 3.8) is 0 Å². The zero-order chi connectivity index (χ0) is 13.7. The lowest BCUT2D eigenvalue weighted by Crippen LogP contribution is -2.48. The van der Waals surface area contributed by atoms with Gasteiger partial charge in [0.2, 0.25) is 5.91 Å². The van der Waals surface area contributed by atoms with Crippen molar-refractivity contribution in [1.29, 1.82) is 0 Å². The monoisotopic (exact) mass is 295 g/mol. The number of aryl methyl sites for hydroxylation is 1. The Morgan fingerprint density at radius 3 is 2.44 bits per heavy atom. The number of nitrogens with zero attached hydrogens (tertiary/aromatic N) is 1. The number of rotatable bonds is 2. The van der Waals surface area contributed by atoms with Crippen molar-refractivity contribution in [3.05, 3.63) is 34.9 Å². The van der Waals surface area contributed by atoms with Crippen LogP contribution >= 0.6 is 10.7 Å². The van der Waals surface area contributed by atoms with Crippen molar-refractivity contribution >= 4 is 25.8 Å². The third kappa shape index (κ3) is 2.08. The molecule has 8 heteroatoms. The van der Waals surface area contributed by atoms with Gasteiger partial charge in [0.05, 0.1) is 12.5 Å². The Morgan fingerprint density at radius 2 is 1.94 bits per heavy atom. The first kappa shape index (κ1) is 13.2. The topological polar surface area (TPSA) is 54.5 Å². The summed E-state index contributed by atoms with van der Waals surface area (Å²) in [5, 5.41) is 0. The van der Waals surface area contributed by atoms with E-state index in [2.05, 4.69) is 0 Å². The number of β-lactam (4-membered cyclic amide) rings is 1. The van der Waals surface area contributed by atoms with Crippen LogP contribution in [-0.2, 0) is 14.0 Å². The Balaban J connectivity index is 2.45. The molecule has 1 aliphatic rings. The molecule has 1 aromatic rings. The number of halogens is 3. The number of benzene rings is 1. The molecule has 0 aliphatic carbocycles. The Hall–Kier alpha value is -1.21. The average Bonchev–Trinajstić information content (AvgIpc) is 2.17. The molecule has 0 N–H and O–H groups in total. The van der Waals surface area contributed by atoms with E-state index in [1.807, 2.05) is 0 Å². The molecule has 0 aromatic heterocycles. The van der Waals surface area contributed by atoms with Crippen LogP contribution in [-0.4, -0.2) is 18.6 Å². The largest absolute Gasteiger partial charge is 0.324 e. The van der Waals surface area contributed by atoms with Gasteiger partial charge in [-0.2, -0.15) is 8.42 Å². The van der Waals surface area contributed by atoms with E-state index in [0.29, 0.717) is 4.31 Å². The lowest BCUT2D eigenvalue weighted by atomic mass is 9.95. The number of carbonyl (C=O) groups is 1. The fourth-order valence-electron chi connectivity index (χ4n) is 1.83. The molecule has 1 aromatic carbocycles. The van der Waals surface area contributed by atoms with E-state index in [1.165, 1.54) is 6.92 Å². The molecule has 18 heavy (non-hydrogen) atoms. The Bertz CT molecular complexity index is 632. The normalized spacial score (nSPS) is 19.9. The van der Waals surface area contributed by atoms with Gasteiger partial charge in [-0.3, -0.25) is 4.79 Å². The molecular weight excluding hydrogens is 288 g/mol. The van der Waals surface area contributed by atoms with E-state index in [1.54, 1.807) is 0 Å². The van der Waals surface area contributed by atoms with Gasteiger partial charge in [-0.05, 0) is 24.6 Å². The van der Waals surface area contributed by atoms with Gasteiger partial charge >= 0.3 is 9.24 Å². The maximum Gasteiger partial charge on any atom is 0.324 e. The van der Waals surface area contributed by atoms with Gasteiger partial charge in [-0.15, -0.1) is 0 Å². The standard InChI is InChI=1S/C10H8ClF2NO3S/c1-5-2-8(13)6(3-7(5)12)9-4-10(15)14(9)18(11,16)17/h2-3,9H,4H2,1H3. The van der Waals surface area contributed by atoms with Gasteiger partial charge < -0.3 is 0 Å². The van der Waals surface area contributed by atoms with Gasteiger partial charge in [0.25, 0.3) is 0 Å². The van der Waals surface area contributed by atoms with Crippen LogP contribution in [0.4, 0.5) is 8.78 Å². The first-order chi connectivity index (χ1) is 8.21. The number of hydrogen-bond donors (Lipinski definition) is 0. The molecule has 1 fully saturated rings. The highest BCUT2D eigenvalue weighted by molar-refractivity contribution is 8.12. The highest BCUT2D eigenvalue weighted by atomic mass is 35.7. The molecule has 0 saturated carbocycles. The molecule has 1 atom stereocenters. The third-order valence-electron chi connectivity index (χ3n) is 2.77. The van der Waals surface area contributed by atoms with Crippen molar-refractivity contribution in [2.45, 2.75) is 19.4 Å². The molecule has 98 valence electrons. The molecule has 0 spiro atoms. The van der Waals surface area contributed by atoms with Crippen LogP contribution in [0.25, 0.3) is 0 Å². The number of amides is 1. The summed E-state index contributed by atoms with van der Waals surface area (Å²) in [7, 11) is 0.774. The summed E-state index contributed by atoms with van der Waals surface area (Å²) in [4.78, 5) is 11.2. The summed E-state index contributed by atoms with van der Waals surface area (Å²) < 4.78 is 49.6. The van der Waals surface area contributed by atoms with Gasteiger partial charge in [-0.1, -0.05) is 0 Å². The minimum absolute atomic E-state index is 0.0992. The second kappa shape index (κ2) is 4.17. The van der Waals surface area contributed by atoms with Gasteiger partial charge in [-0.25, -0.2) is 13.1 Å². The molecule has 1 unspecified atom stereocenters. The minimum Gasteiger partial charge on any atom is -0.274 e. The van der Waals surface area contributed by atoms with Crippen LogP contribution in [0.2, 0.25) is 0 Å². The van der Waals surface area contributed by atoms with E-state index in [9.17, 15) is 22.0 Å². The summed E-state index contributed by atoms with van der Waals surface area (Å²) in [6, 6.07) is 0.763. The van der Waals surface area contributed by atoms with E-state index in [-0.39, 0.29) is 17.5 Å². The van der Waals surface area contributed by atoms with Crippen molar-refractivity contribution in [2.75, 3.05) is 0 Å². The molecule has 4 nitrogen and oxygen atoms in total. The molecule has 2 rings (SSSR count). The fraction of sp³-hybridized carbons (Fsp3) is 0.300. The van der Waals surface area contributed by atoms with Crippen LogP contribution in [0.1, 0.15) is 23.6 Å². The molecule has 1 heterocycles. The minimum atomic E-state index is -4.29. The van der Waals surface area contributed by atoms with Crippen LogP contribution in [0.5, 0.6) is 0 Å². The summed E-state index contributed by atoms with van der Waals surface area (Å²) >= 11 is 0. The Kier molecular flexibility index (Phi) is 3.06. The van der Waals surface area contributed by atoms with Gasteiger partial charge in [0.15, 0.2) is 0 Å². The summed E-state index contributed by atoms with van der Waals surface area (Å²) in [6.07, 6.45) is -0.217. The van der Waals surface area contributed by atoms with Crippen molar-refractivity contribution in [3.8, 4) is 0 Å². The first-order valence-electron chi connectivity index (χ1n) is 4.94. The van der Waals surface area contributed by atoms with Gasteiger partial charge in [0.1, 0.15) is 11.6 Å². The maximum absolute atomic E-state index is 13.6. The Morgan fingerprint density at radius 1 is 1.33 bits per heavy atom. The maximum atomic E-state index is 13.6. The quantitative estimate of drug-likeness (QED) is 0.620. The van der Waals surface area contributed by atoms with Crippen molar-refractivity contribution in [2.24, 2.45) is 0 Å². The SMILES string of the molecule is Cc1cc(F)c(C2CC(=O)N2S(=O)(=O)Cl)cc1F. The van der Waals surface area contributed by atoms with E-state index in [0.717, 1.165) is 12.1 Å². The highest BCUT2D eigenvalue weighted by Gasteiger charge is 2.45. The second-order valence-corrected chi connectivity index (χ2v) is 6.36. The predicted octanol–water partition coefficient (Wildman–Crippen LogP) is 2.03. The lowest BCUT2D eigenvalue weighted by molar-refractivity contribution is -0.137.